The lowest BCUT2D eigenvalue weighted by molar-refractivity contribution is -0.109. The Balaban J connectivity index is 2.09. The fraction of sp³-hybridized carbons (Fsp3) is 0.176. The van der Waals surface area contributed by atoms with Crippen molar-refractivity contribution < 1.29 is 18.9 Å². The Morgan fingerprint density at radius 2 is 1.67 bits per heavy atom. The first kappa shape index (κ1) is 18.2. The quantitative estimate of drug-likeness (QED) is 0.799. The Morgan fingerprint density at radius 1 is 1.08 bits per heavy atom. The number of hydrogen-bond acceptors (Lipinski definition) is 5. The highest BCUT2D eigenvalue weighted by Gasteiger charge is 2.13. The number of anilines is 1. The standard InChI is InChI=1S/C17H17NO4S2/c1-12(19)23-11-17(21)13-3-9-16(10-4-13)24(22)18(2)14-5-7-15(20)8-6-14/h3-10,20H,11H2,1-2H3. The monoisotopic (exact) mass is 363 g/mol. The number of rotatable bonds is 6. The van der Waals surface area contributed by atoms with E-state index in [1.165, 1.54) is 19.1 Å². The summed E-state index contributed by atoms with van der Waals surface area (Å²) in [5.74, 6) is 0.106. The zero-order chi connectivity index (χ0) is 17.7. The van der Waals surface area contributed by atoms with Gasteiger partial charge in [0.2, 0.25) is 0 Å². The summed E-state index contributed by atoms with van der Waals surface area (Å²) in [6.45, 7) is 1.42. The summed E-state index contributed by atoms with van der Waals surface area (Å²) in [7, 11) is 0.248. The zero-order valence-electron chi connectivity index (χ0n) is 13.3. The molecule has 0 aromatic heterocycles. The van der Waals surface area contributed by atoms with Crippen LogP contribution < -0.4 is 4.31 Å². The van der Waals surface area contributed by atoms with Crippen molar-refractivity contribution in [2.45, 2.75) is 11.8 Å². The molecule has 1 unspecified atom stereocenters. The third-order valence-electron chi connectivity index (χ3n) is 3.25. The number of Topliss-reactive ketones (excluding diaryl/α,β-unsaturated/α-hetero) is 1. The molecule has 2 aromatic carbocycles. The molecule has 0 aliphatic carbocycles. The van der Waals surface area contributed by atoms with Crippen LogP contribution in [0.5, 0.6) is 5.75 Å². The van der Waals surface area contributed by atoms with Crippen molar-refractivity contribution in [3.8, 4) is 5.75 Å². The van der Waals surface area contributed by atoms with E-state index in [0.29, 0.717) is 16.1 Å². The molecule has 24 heavy (non-hydrogen) atoms. The van der Waals surface area contributed by atoms with Gasteiger partial charge in [-0.05, 0) is 36.4 Å². The number of thioether (sulfide) groups is 1. The lowest BCUT2D eigenvalue weighted by Gasteiger charge is -2.18. The van der Waals surface area contributed by atoms with Gasteiger partial charge in [0.15, 0.2) is 21.9 Å². The van der Waals surface area contributed by atoms with Crippen molar-refractivity contribution in [1.29, 1.82) is 0 Å². The number of carbonyl (C=O) groups is 2. The number of carbonyl (C=O) groups excluding carboxylic acids is 2. The minimum Gasteiger partial charge on any atom is -0.508 e. The van der Waals surface area contributed by atoms with E-state index in [0.717, 1.165) is 11.8 Å². The Morgan fingerprint density at radius 3 is 2.21 bits per heavy atom. The lowest BCUT2D eigenvalue weighted by Crippen LogP contribution is -2.20. The molecule has 0 aliphatic heterocycles. The van der Waals surface area contributed by atoms with Crippen LogP contribution in [0.15, 0.2) is 53.4 Å². The highest BCUT2D eigenvalue weighted by Crippen LogP contribution is 2.22. The topological polar surface area (TPSA) is 74.7 Å². The molecule has 1 atom stereocenters. The summed E-state index contributed by atoms with van der Waals surface area (Å²) < 4.78 is 14.1. The molecule has 5 nitrogen and oxygen atoms in total. The molecular weight excluding hydrogens is 346 g/mol. The van der Waals surface area contributed by atoms with Crippen LogP contribution in [0.4, 0.5) is 5.69 Å². The third kappa shape index (κ3) is 4.69. The Bertz CT molecular complexity index is 757. The van der Waals surface area contributed by atoms with E-state index in [9.17, 15) is 18.9 Å². The summed E-state index contributed by atoms with van der Waals surface area (Å²) in [6.07, 6.45) is 0. The fourth-order valence-corrected chi connectivity index (χ4v) is 3.42. The lowest BCUT2D eigenvalue weighted by atomic mass is 10.1. The normalized spacial score (nSPS) is 11.8. The average Bonchev–Trinajstić information content (AvgIpc) is 2.59. The van der Waals surface area contributed by atoms with Crippen LogP contribution in [0.2, 0.25) is 0 Å². The number of hydrogen-bond donors (Lipinski definition) is 1. The van der Waals surface area contributed by atoms with Gasteiger partial charge in [0.05, 0.1) is 10.6 Å². The van der Waals surface area contributed by atoms with Crippen LogP contribution >= 0.6 is 11.8 Å². The first-order chi connectivity index (χ1) is 11.4. The summed E-state index contributed by atoms with van der Waals surface area (Å²) >= 11 is 0.971. The predicted molar refractivity (Wildman–Crippen MR) is 96.8 cm³/mol. The van der Waals surface area contributed by atoms with Crippen molar-refractivity contribution in [3.63, 3.8) is 0 Å². The zero-order valence-corrected chi connectivity index (χ0v) is 14.9. The molecule has 0 spiro atoms. The van der Waals surface area contributed by atoms with Gasteiger partial charge < -0.3 is 5.11 Å². The molecule has 0 saturated heterocycles. The van der Waals surface area contributed by atoms with Crippen LogP contribution in [0.3, 0.4) is 0 Å². The van der Waals surface area contributed by atoms with Crippen LogP contribution in [0.1, 0.15) is 17.3 Å². The van der Waals surface area contributed by atoms with Crippen LogP contribution in [-0.2, 0) is 15.8 Å². The number of phenolic OH excluding ortho intramolecular Hbond substituents is 1. The SMILES string of the molecule is CC(=O)SCC(=O)c1ccc(S(=O)N(C)c2ccc(O)cc2)cc1. The molecule has 1 N–H and O–H groups in total. The number of phenols is 1. The first-order valence-electron chi connectivity index (χ1n) is 7.10. The van der Waals surface area contributed by atoms with Gasteiger partial charge in [-0.2, -0.15) is 0 Å². The van der Waals surface area contributed by atoms with E-state index in [2.05, 4.69) is 0 Å². The minimum atomic E-state index is -1.44. The average molecular weight is 363 g/mol. The number of aromatic hydroxyl groups is 1. The molecule has 2 rings (SSSR count). The van der Waals surface area contributed by atoms with Gasteiger partial charge in [0.1, 0.15) is 5.75 Å². The van der Waals surface area contributed by atoms with E-state index in [1.807, 2.05) is 0 Å². The van der Waals surface area contributed by atoms with Crippen molar-refractivity contribution in [3.05, 3.63) is 54.1 Å². The van der Waals surface area contributed by atoms with Gasteiger partial charge in [0.25, 0.3) is 0 Å². The third-order valence-corrected chi connectivity index (χ3v) is 5.44. The highest BCUT2D eigenvalue weighted by atomic mass is 32.2. The summed E-state index contributed by atoms with van der Waals surface area (Å²) in [4.78, 5) is 23.4. The van der Waals surface area contributed by atoms with Gasteiger partial charge >= 0.3 is 0 Å². The van der Waals surface area contributed by atoms with E-state index in [4.69, 9.17) is 0 Å². The largest absolute Gasteiger partial charge is 0.508 e. The van der Waals surface area contributed by atoms with Crippen LogP contribution in [-0.4, -0.2) is 33.0 Å². The molecule has 0 aliphatic rings. The van der Waals surface area contributed by atoms with E-state index in [-0.39, 0.29) is 22.4 Å². The van der Waals surface area contributed by atoms with E-state index in [1.54, 1.807) is 47.8 Å². The second-order valence-electron chi connectivity index (χ2n) is 4.99. The van der Waals surface area contributed by atoms with Crippen LogP contribution in [0.25, 0.3) is 0 Å². The summed E-state index contributed by atoms with van der Waals surface area (Å²) in [5, 5.41) is 9.21. The first-order valence-corrected chi connectivity index (χ1v) is 9.19. The number of ketones is 1. The van der Waals surface area contributed by atoms with Gasteiger partial charge in [-0.25, -0.2) is 4.21 Å². The molecule has 0 saturated carbocycles. The second kappa shape index (κ2) is 8.12. The van der Waals surface area contributed by atoms with E-state index >= 15 is 0 Å². The Kier molecular flexibility index (Phi) is 6.16. The number of benzene rings is 2. The molecule has 0 heterocycles. The van der Waals surface area contributed by atoms with Crippen molar-refractivity contribution >= 4 is 39.3 Å². The van der Waals surface area contributed by atoms with Gasteiger partial charge in [-0.3, -0.25) is 13.9 Å². The highest BCUT2D eigenvalue weighted by molar-refractivity contribution is 8.14. The van der Waals surface area contributed by atoms with Crippen molar-refractivity contribution in [1.82, 2.24) is 0 Å². The maximum atomic E-state index is 12.6. The second-order valence-corrected chi connectivity index (χ2v) is 7.66. The molecule has 0 bridgehead atoms. The maximum Gasteiger partial charge on any atom is 0.186 e. The van der Waals surface area contributed by atoms with Gasteiger partial charge in [-0.15, -0.1) is 0 Å². The molecule has 0 radical (unpaired) electrons. The number of nitrogens with zero attached hydrogens (tertiary/aromatic N) is 1. The van der Waals surface area contributed by atoms with Gasteiger partial charge in [-0.1, -0.05) is 23.9 Å². The summed E-state index contributed by atoms with van der Waals surface area (Å²) in [6, 6.07) is 12.9. The predicted octanol–water partition coefficient (Wildman–Crippen LogP) is 3.01. The fourth-order valence-electron chi connectivity index (χ4n) is 1.92. The molecule has 126 valence electrons. The van der Waals surface area contributed by atoms with Crippen LogP contribution in [0, 0.1) is 0 Å². The maximum absolute atomic E-state index is 12.6. The molecule has 0 fully saturated rings. The Labute approximate surface area is 147 Å². The van der Waals surface area contributed by atoms with E-state index < -0.39 is 11.0 Å². The minimum absolute atomic E-state index is 0.100. The molecular formula is C17H17NO4S2. The molecule has 0 amide bonds. The van der Waals surface area contributed by atoms with Crippen molar-refractivity contribution in [2.24, 2.45) is 0 Å². The smallest absolute Gasteiger partial charge is 0.186 e. The van der Waals surface area contributed by atoms with Crippen molar-refractivity contribution in [2.75, 3.05) is 17.1 Å². The molecule has 2 aromatic rings. The van der Waals surface area contributed by atoms with Gasteiger partial charge in [0, 0.05) is 25.2 Å². The summed E-state index contributed by atoms with van der Waals surface area (Å²) in [5.41, 5.74) is 1.18. The molecule has 7 heteroatoms. The Hall–Kier alpha value is -2.12.